The highest BCUT2D eigenvalue weighted by Gasteiger charge is 2.36. The average Bonchev–Trinajstić information content (AvgIpc) is 2.99. The fourth-order valence-corrected chi connectivity index (χ4v) is 4.85. The molecule has 1 aliphatic rings. The molecular weight excluding hydrogens is 369 g/mol. The summed E-state index contributed by atoms with van der Waals surface area (Å²) in [5, 5.41) is 2.68. The minimum absolute atomic E-state index is 0.0294. The van der Waals surface area contributed by atoms with E-state index in [1.807, 2.05) is 0 Å². The van der Waals surface area contributed by atoms with Crippen LogP contribution in [0.4, 0.5) is 19.0 Å². The lowest BCUT2D eigenvalue weighted by atomic mass is 10.0. The second-order valence-corrected chi connectivity index (χ2v) is 8.21. The molecule has 0 saturated carbocycles. The molecule has 2 N–H and O–H groups in total. The molecule has 1 aromatic carbocycles. The van der Waals surface area contributed by atoms with Crippen molar-refractivity contribution in [2.45, 2.75) is 18.0 Å². The molecule has 2 aromatic heterocycles. The third-order valence-electron chi connectivity index (χ3n) is 4.31. The lowest BCUT2D eigenvalue weighted by Crippen LogP contribution is -2.29. The van der Waals surface area contributed by atoms with E-state index in [-0.39, 0.29) is 28.4 Å². The standard InChI is InChI=1S/C16H13F3N4O2S/c17-16(18,19)11-5-20-14-13(11)15(22-8-21-14)23-12-7-26(24,25)6-9-3-1-2-4-10(9)12/h1-5,8,12H,6-7H2,(H2,20,21,22,23). The van der Waals surface area contributed by atoms with E-state index in [1.54, 1.807) is 24.3 Å². The lowest BCUT2D eigenvalue weighted by Gasteiger charge is -2.27. The van der Waals surface area contributed by atoms with Gasteiger partial charge in [0.25, 0.3) is 0 Å². The molecule has 3 aromatic rings. The molecule has 0 saturated heterocycles. The zero-order valence-electron chi connectivity index (χ0n) is 13.2. The highest BCUT2D eigenvalue weighted by Crippen LogP contribution is 2.38. The van der Waals surface area contributed by atoms with E-state index in [9.17, 15) is 21.6 Å². The number of halogens is 3. The summed E-state index contributed by atoms with van der Waals surface area (Å²) in [5.41, 5.74) is 0.495. The molecule has 26 heavy (non-hydrogen) atoms. The molecule has 0 fully saturated rings. The normalized spacial score (nSPS) is 19.3. The van der Waals surface area contributed by atoms with Crippen LogP contribution in [0.1, 0.15) is 22.7 Å². The number of aromatic nitrogens is 3. The van der Waals surface area contributed by atoms with Gasteiger partial charge in [-0.3, -0.25) is 0 Å². The largest absolute Gasteiger partial charge is 0.418 e. The van der Waals surface area contributed by atoms with Crippen molar-refractivity contribution in [3.8, 4) is 0 Å². The Kier molecular flexibility index (Phi) is 3.69. The van der Waals surface area contributed by atoms with Crippen LogP contribution in [0, 0.1) is 0 Å². The Morgan fingerprint density at radius 1 is 1.19 bits per heavy atom. The Hall–Kier alpha value is -2.62. The van der Waals surface area contributed by atoms with Crippen LogP contribution >= 0.6 is 0 Å². The van der Waals surface area contributed by atoms with Crippen molar-refractivity contribution in [1.29, 1.82) is 0 Å². The molecule has 1 atom stereocenters. The Bertz CT molecular complexity index is 1090. The molecule has 0 aliphatic carbocycles. The van der Waals surface area contributed by atoms with Gasteiger partial charge < -0.3 is 10.3 Å². The second kappa shape index (κ2) is 5.70. The summed E-state index contributed by atoms with van der Waals surface area (Å²) < 4.78 is 64.2. The van der Waals surface area contributed by atoms with E-state index in [0.717, 1.165) is 18.1 Å². The Balaban J connectivity index is 1.82. The quantitative estimate of drug-likeness (QED) is 0.711. The first-order valence-corrected chi connectivity index (χ1v) is 9.51. The number of sulfone groups is 1. The van der Waals surface area contributed by atoms with Crippen molar-refractivity contribution in [2.24, 2.45) is 0 Å². The fraction of sp³-hybridized carbons (Fsp3) is 0.250. The maximum atomic E-state index is 13.3. The summed E-state index contributed by atoms with van der Waals surface area (Å²) >= 11 is 0. The van der Waals surface area contributed by atoms with Crippen molar-refractivity contribution in [2.75, 3.05) is 11.1 Å². The highest BCUT2D eigenvalue weighted by atomic mass is 32.2. The number of H-pyrrole nitrogens is 1. The first-order valence-electron chi connectivity index (χ1n) is 7.69. The first kappa shape index (κ1) is 16.8. The zero-order chi connectivity index (χ0) is 18.5. The van der Waals surface area contributed by atoms with Crippen LogP contribution in [-0.4, -0.2) is 29.1 Å². The van der Waals surface area contributed by atoms with Gasteiger partial charge in [0.05, 0.1) is 28.5 Å². The van der Waals surface area contributed by atoms with Gasteiger partial charge in [0.1, 0.15) is 17.8 Å². The minimum Gasteiger partial charge on any atom is -0.362 e. The highest BCUT2D eigenvalue weighted by molar-refractivity contribution is 7.90. The molecule has 1 aliphatic heterocycles. The number of nitrogens with zero attached hydrogens (tertiary/aromatic N) is 2. The van der Waals surface area contributed by atoms with Gasteiger partial charge in [-0.25, -0.2) is 18.4 Å². The van der Waals surface area contributed by atoms with E-state index >= 15 is 0 Å². The molecule has 0 bridgehead atoms. The number of nitrogens with one attached hydrogen (secondary N) is 2. The van der Waals surface area contributed by atoms with E-state index in [1.165, 1.54) is 0 Å². The Morgan fingerprint density at radius 3 is 2.73 bits per heavy atom. The van der Waals surface area contributed by atoms with Crippen LogP contribution in [0.15, 0.2) is 36.8 Å². The summed E-state index contributed by atoms with van der Waals surface area (Å²) in [6.07, 6.45) is -2.63. The molecule has 3 heterocycles. The molecule has 4 rings (SSSR count). The average molecular weight is 382 g/mol. The lowest BCUT2D eigenvalue weighted by molar-refractivity contribution is -0.136. The summed E-state index contributed by atoms with van der Waals surface area (Å²) in [4.78, 5) is 10.2. The molecule has 1 unspecified atom stereocenters. The maximum absolute atomic E-state index is 13.3. The van der Waals surface area contributed by atoms with Crippen molar-refractivity contribution < 1.29 is 21.6 Å². The second-order valence-electron chi connectivity index (χ2n) is 6.10. The van der Waals surface area contributed by atoms with Gasteiger partial charge in [0.15, 0.2) is 9.84 Å². The number of benzene rings is 1. The Morgan fingerprint density at radius 2 is 1.96 bits per heavy atom. The number of anilines is 1. The van der Waals surface area contributed by atoms with Crippen LogP contribution in [0.25, 0.3) is 11.0 Å². The van der Waals surface area contributed by atoms with Gasteiger partial charge in [-0.1, -0.05) is 24.3 Å². The topological polar surface area (TPSA) is 87.7 Å². The van der Waals surface area contributed by atoms with Gasteiger partial charge >= 0.3 is 6.18 Å². The third-order valence-corrected chi connectivity index (χ3v) is 5.90. The van der Waals surface area contributed by atoms with Crippen molar-refractivity contribution in [1.82, 2.24) is 15.0 Å². The molecule has 0 spiro atoms. The molecule has 10 heteroatoms. The molecule has 6 nitrogen and oxygen atoms in total. The van der Waals surface area contributed by atoms with Crippen LogP contribution < -0.4 is 5.32 Å². The van der Waals surface area contributed by atoms with Crippen molar-refractivity contribution in [3.63, 3.8) is 0 Å². The monoisotopic (exact) mass is 382 g/mol. The summed E-state index contributed by atoms with van der Waals surface area (Å²) in [7, 11) is -3.38. The van der Waals surface area contributed by atoms with Crippen LogP contribution in [0.5, 0.6) is 0 Å². The number of rotatable bonds is 2. The number of hydrogen-bond acceptors (Lipinski definition) is 5. The van der Waals surface area contributed by atoms with E-state index in [4.69, 9.17) is 0 Å². The third kappa shape index (κ3) is 2.90. The number of aromatic amines is 1. The first-order chi connectivity index (χ1) is 12.2. The van der Waals surface area contributed by atoms with Crippen LogP contribution in [0.3, 0.4) is 0 Å². The maximum Gasteiger partial charge on any atom is 0.418 e. The molecule has 136 valence electrons. The fourth-order valence-electron chi connectivity index (χ4n) is 3.23. The number of alkyl halides is 3. The van der Waals surface area contributed by atoms with E-state index in [2.05, 4.69) is 20.3 Å². The van der Waals surface area contributed by atoms with Gasteiger partial charge in [-0.05, 0) is 11.1 Å². The zero-order valence-corrected chi connectivity index (χ0v) is 14.0. The minimum atomic E-state index is -4.59. The van der Waals surface area contributed by atoms with Crippen molar-refractivity contribution >= 4 is 26.7 Å². The van der Waals surface area contributed by atoms with Crippen molar-refractivity contribution in [3.05, 3.63) is 53.5 Å². The van der Waals surface area contributed by atoms with Gasteiger partial charge in [0, 0.05) is 6.20 Å². The van der Waals surface area contributed by atoms with Gasteiger partial charge in [-0.15, -0.1) is 0 Å². The molecule has 0 amide bonds. The predicted octanol–water partition coefficient (Wildman–Crippen LogP) is 3.06. The summed E-state index contributed by atoms with van der Waals surface area (Å²) in [6, 6.07) is 6.26. The van der Waals surface area contributed by atoms with Gasteiger partial charge in [-0.2, -0.15) is 13.2 Å². The Labute approximate surface area is 146 Å². The SMILES string of the molecule is O=S1(=O)Cc2ccccc2C(Nc2ncnc3[nH]cc(C(F)(F)F)c23)C1. The summed E-state index contributed by atoms with van der Waals surface area (Å²) in [6.45, 7) is 0. The van der Waals surface area contributed by atoms with Crippen LogP contribution in [0.2, 0.25) is 0 Å². The molecular formula is C16H13F3N4O2S. The molecule has 0 radical (unpaired) electrons. The number of fused-ring (bicyclic) bond motifs is 2. The van der Waals surface area contributed by atoms with Crippen LogP contribution in [-0.2, 0) is 21.8 Å². The smallest absolute Gasteiger partial charge is 0.362 e. The van der Waals surface area contributed by atoms with Gasteiger partial charge in [0.2, 0.25) is 0 Å². The van der Waals surface area contributed by atoms with E-state index in [0.29, 0.717) is 5.56 Å². The van der Waals surface area contributed by atoms with E-state index < -0.39 is 27.6 Å². The number of hydrogen-bond donors (Lipinski definition) is 2. The summed E-state index contributed by atoms with van der Waals surface area (Å²) in [5.74, 6) is -0.361. The predicted molar refractivity (Wildman–Crippen MR) is 89.2 cm³/mol.